The largest absolute Gasteiger partial charge is 0.573 e. The molecular weight excluding hydrogens is 269 g/mol. The molecule has 0 atom stereocenters. The van der Waals surface area contributed by atoms with Gasteiger partial charge in [0.2, 0.25) is 0 Å². The number of pyridine rings is 1. The summed E-state index contributed by atoms with van der Waals surface area (Å²) >= 11 is 0. The first-order valence-corrected chi connectivity index (χ1v) is 4.10. The highest BCUT2D eigenvalue weighted by molar-refractivity contribution is 5.54. The van der Waals surface area contributed by atoms with Gasteiger partial charge in [-0.25, -0.2) is 13.8 Å². The van der Waals surface area contributed by atoms with Crippen LogP contribution in [0.2, 0.25) is 0 Å². The van der Waals surface area contributed by atoms with Crippen LogP contribution < -0.4 is 10.5 Å². The molecule has 0 amide bonds. The van der Waals surface area contributed by atoms with E-state index in [4.69, 9.17) is 5.73 Å². The predicted molar refractivity (Wildman–Crippen MR) is 46.9 cm³/mol. The van der Waals surface area contributed by atoms with E-state index >= 15 is 0 Å². The zero-order valence-corrected chi connectivity index (χ0v) is 8.24. The van der Waals surface area contributed by atoms with E-state index < -0.39 is 40.7 Å². The molecule has 0 bridgehead atoms. The highest BCUT2D eigenvalue weighted by atomic mass is 19.4. The Hall–Kier alpha value is -2.20. The molecule has 0 fully saturated rings. The molecular formula is C7H4F5N3O3. The molecule has 18 heavy (non-hydrogen) atoms. The minimum absolute atomic E-state index is 0.150. The monoisotopic (exact) mass is 273 g/mol. The van der Waals surface area contributed by atoms with Gasteiger partial charge in [-0.3, -0.25) is 10.1 Å². The Kier molecular flexibility index (Phi) is 3.53. The quantitative estimate of drug-likeness (QED) is 0.518. The first-order chi connectivity index (χ1) is 8.11. The number of halogens is 5. The summed E-state index contributed by atoms with van der Waals surface area (Å²) in [6.45, 7) is 0. The topological polar surface area (TPSA) is 91.3 Å². The zero-order chi connectivity index (χ0) is 14.1. The number of hydrogen-bond acceptors (Lipinski definition) is 5. The second-order valence-corrected chi connectivity index (χ2v) is 2.88. The van der Waals surface area contributed by atoms with Crippen LogP contribution >= 0.6 is 0 Å². The van der Waals surface area contributed by atoms with Crippen LogP contribution in [0.15, 0.2) is 6.07 Å². The van der Waals surface area contributed by atoms with Crippen molar-refractivity contribution in [2.45, 2.75) is 12.8 Å². The van der Waals surface area contributed by atoms with Gasteiger partial charge < -0.3 is 10.5 Å². The van der Waals surface area contributed by atoms with Crippen molar-refractivity contribution in [2.24, 2.45) is 0 Å². The standard InChI is InChI=1S/C7H4F5N3O3/c8-5(9)4-2(15(16)17)1-3(6(13)14-4)18-7(10,11)12/h1,5H,(H2,13,14). The Morgan fingerprint density at radius 1 is 1.44 bits per heavy atom. The van der Waals surface area contributed by atoms with E-state index in [2.05, 4.69) is 9.72 Å². The summed E-state index contributed by atoms with van der Waals surface area (Å²) < 4.78 is 63.7. The first kappa shape index (κ1) is 13.9. The average molecular weight is 273 g/mol. The van der Waals surface area contributed by atoms with E-state index in [1.165, 1.54) is 0 Å². The fourth-order valence-electron chi connectivity index (χ4n) is 1.03. The number of aromatic nitrogens is 1. The lowest BCUT2D eigenvalue weighted by atomic mass is 10.3. The van der Waals surface area contributed by atoms with Crippen LogP contribution in [0.1, 0.15) is 12.1 Å². The number of nitrogens with zero attached hydrogens (tertiary/aromatic N) is 2. The summed E-state index contributed by atoms with van der Waals surface area (Å²) in [5.74, 6) is -2.23. The normalized spacial score (nSPS) is 11.7. The SMILES string of the molecule is Nc1nc(C(F)F)c([N+](=O)[O-])cc1OC(F)(F)F. The number of nitrogens with two attached hydrogens (primary N) is 1. The molecule has 11 heteroatoms. The van der Waals surface area contributed by atoms with Crippen molar-refractivity contribution in [3.63, 3.8) is 0 Å². The molecule has 0 aliphatic heterocycles. The number of hydrogen-bond donors (Lipinski definition) is 1. The molecule has 1 heterocycles. The Balaban J connectivity index is 3.32. The summed E-state index contributed by atoms with van der Waals surface area (Å²) in [6, 6.07) is 0.150. The summed E-state index contributed by atoms with van der Waals surface area (Å²) in [7, 11) is 0. The molecule has 0 saturated heterocycles. The second kappa shape index (κ2) is 4.58. The molecule has 6 nitrogen and oxygen atoms in total. The Morgan fingerprint density at radius 2 is 2.00 bits per heavy atom. The minimum Gasteiger partial charge on any atom is -0.402 e. The lowest BCUT2D eigenvalue weighted by Gasteiger charge is -2.11. The van der Waals surface area contributed by atoms with Gasteiger partial charge >= 0.3 is 12.0 Å². The van der Waals surface area contributed by atoms with E-state index in [0.29, 0.717) is 0 Å². The molecule has 0 aliphatic carbocycles. The third kappa shape index (κ3) is 3.15. The third-order valence-corrected chi connectivity index (χ3v) is 1.65. The zero-order valence-electron chi connectivity index (χ0n) is 8.24. The lowest BCUT2D eigenvalue weighted by molar-refractivity contribution is -0.386. The van der Waals surface area contributed by atoms with Gasteiger partial charge in [-0.15, -0.1) is 13.2 Å². The second-order valence-electron chi connectivity index (χ2n) is 2.88. The first-order valence-electron chi connectivity index (χ1n) is 4.10. The summed E-state index contributed by atoms with van der Waals surface area (Å²) in [5.41, 5.74) is 2.31. The van der Waals surface area contributed by atoms with Gasteiger partial charge in [0.05, 0.1) is 11.0 Å². The molecule has 1 aromatic heterocycles. The van der Waals surface area contributed by atoms with Gasteiger partial charge in [0.25, 0.3) is 6.43 Å². The van der Waals surface area contributed by atoms with Crippen LogP contribution in [0.5, 0.6) is 5.75 Å². The molecule has 2 N–H and O–H groups in total. The Bertz CT molecular complexity index is 476. The van der Waals surface area contributed by atoms with Crippen molar-refractivity contribution in [1.29, 1.82) is 0 Å². The van der Waals surface area contributed by atoms with Crippen molar-refractivity contribution in [2.75, 3.05) is 5.73 Å². The minimum atomic E-state index is -5.17. The van der Waals surface area contributed by atoms with Gasteiger partial charge in [0.1, 0.15) is 0 Å². The van der Waals surface area contributed by atoms with E-state index in [-0.39, 0.29) is 6.07 Å². The van der Waals surface area contributed by atoms with Gasteiger partial charge in [0, 0.05) is 0 Å². The maximum atomic E-state index is 12.4. The number of rotatable bonds is 3. The van der Waals surface area contributed by atoms with Crippen LogP contribution in [-0.2, 0) is 0 Å². The number of nitrogen functional groups attached to an aromatic ring is 1. The van der Waals surface area contributed by atoms with E-state index in [0.717, 1.165) is 0 Å². The fourth-order valence-corrected chi connectivity index (χ4v) is 1.03. The molecule has 1 aromatic rings. The van der Waals surface area contributed by atoms with E-state index in [1.807, 2.05) is 0 Å². The van der Waals surface area contributed by atoms with Crippen LogP contribution in [0.3, 0.4) is 0 Å². The molecule has 0 radical (unpaired) electrons. The maximum Gasteiger partial charge on any atom is 0.573 e. The number of ether oxygens (including phenoxy) is 1. The number of alkyl halides is 5. The summed E-state index contributed by atoms with van der Waals surface area (Å²) in [4.78, 5) is 11.9. The van der Waals surface area contributed by atoms with Crippen LogP contribution in [0.4, 0.5) is 33.5 Å². The molecule has 0 aliphatic rings. The van der Waals surface area contributed by atoms with Gasteiger partial charge in [-0.1, -0.05) is 0 Å². The van der Waals surface area contributed by atoms with Crippen LogP contribution in [0.25, 0.3) is 0 Å². The van der Waals surface area contributed by atoms with E-state index in [1.54, 1.807) is 0 Å². The summed E-state index contributed by atoms with van der Waals surface area (Å²) in [6.07, 6.45) is -8.52. The summed E-state index contributed by atoms with van der Waals surface area (Å²) in [5, 5.41) is 10.4. The third-order valence-electron chi connectivity index (χ3n) is 1.65. The van der Waals surface area contributed by atoms with Crippen molar-refractivity contribution < 1.29 is 31.6 Å². The highest BCUT2D eigenvalue weighted by Gasteiger charge is 2.34. The molecule has 0 saturated carbocycles. The molecule has 0 aromatic carbocycles. The van der Waals surface area contributed by atoms with Crippen molar-refractivity contribution in [3.8, 4) is 5.75 Å². The van der Waals surface area contributed by atoms with E-state index in [9.17, 15) is 32.1 Å². The predicted octanol–water partition coefficient (Wildman–Crippen LogP) is 2.41. The average Bonchev–Trinajstić information content (AvgIpc) is 2.17. The Labute approximate surface area is 95.3 Å². The number of nitro groups is 1. The van der Waals surface area contributed by atoms with Crippen molar-refractivity contribution in [1.82, 2.24) is 4.98 Å². The van der Waals surface area contributed by atoms with Crippen LogP contribution in [0, 0.1) is 10.1 Å². The van der Waals surface area contributed by atoms with Crippen molar-refractivity contribution in [3.05, 3.63) is 21.9 Å². The van der Waals surface area contributed by atoms with Crippen LogP contribution in [-0.4, -0.2) is 16.3 Å². The highest BCUT2D eigenvalue weighted by Crippen LogP contribution is 2.35. The van der Waals surface area contributed by atoms with Gasteiger partial charge in [0.15, 0.2) is 17.3 Å². The van der Waals surface area contributed by atoms with Gasteiger partial charge in [-0.2, -0.15) is 0 Å². The molecule has 1 rings (SSSR count). The smallest absolute Gasteiger partial charge is 0.402 e. The Morgan fingerprint density at radius 3 is 2.39 bits per heavy atom. The van der Waals surface area contributed by atoms with Crippen molar-refractivity contribution >= 4 is 11.5 Å². The number of anilines is 1. The molecule has 0 spiro atoms. The molecule has 100 valence electrons. The molecule has 0 unspecified atom stereocenters. The fraction of sp³-hybridized carbons (Fsp3) is 0.286. The lowest BCUT2D eigenvalue weighted by Crippen LogP contribution is -2.19. The maximum absolute atomic E-state index is 12.4. The van der Waals surface area contributed by atoms with Gasteiger partial charge in [-0.05, 0) is 0 Å².